The number of nitrogens with one attached hydrogen (secondary N) is 1. The number of ether oxygens (including phenoxy) is 2. The van der Waals surface area contributed by atoms with E-state index >= 15 is 0 Å². The van der Waals surface area contributed by atoms with Gasteiger partial charge >= 0.3 is 5.97 Å². The molecule has 0 saturated carbocycles. The predicted molar refractivity (Wildman–Crippen MR) is 70.2 cm³/mol. The number of carbonyl (C=O) groups excluding carboxylic acids is 1. The second kappa shape index (κ2) is 9.87. The van der Waals surface area contributed by atoms with Crippen molar-refractivity contribution in [3.05, 3.63) is 18.0 Å². The van der Waals surface area contributed by atoms with E-state index in [9.17, 15) is 4.79 Å². The molecule has 0 radical (unpaired) electrons. The smallest absolute Gasteiger partial charge is 0.341 e. The Morgan fingerprint density at radius 3 is 2.94 bits per heavy atom. The Bertz CT molecular complexity index is 344. The van der Waals surface area contributed by atoms with Gasteiger partial charge in [0.1, 0.15) is 0 Å². The van der Waals surface area contributed by atoms with Crippen LogP contribution in [-0.2, 0) is 16.0 Å². The number of hydrogen-bond acceptors (Lipinski definition) is 5. The van der Waals surface area contributed by atoms with Gasteiger partial charge < -0.3 is 14.8 Å². The Balaban J connectivity index is 0.00000289. The van der Waals surface area contributed by atoms with Crippen molar-refractivity contribution in [1.82, 2.24) is 15.1 Å². The SMILES string of the molecule is CNCCCOCCn1cc(C(=O)OC)cn1.Cl. The molecule has 0 bridgehead atoms. The molecule has 0 amide bonds. The minimum absolute atomic E-state index is 0. The molecule has 1 heterocycles. The number of rotatable bonds is 8. The van der Waals surface area contributed by atoms with E-state index < -0.39 is 0 Å². The van der Waals surface area contributed by atoms with Crippen molar-refractivity contribution in [2.75, 3.05) is 33.9 Å². The van der Waals surface area contributed by atoms with E-state index in [1.807, 2.05) is 7.05 Å². The summed E-state index contributed by atoms with van der Waals surface area (Å²) < 4.78 is 11.7. The zero-order valence-corrected chi connectivity index (χ0v) is 11.5. The number of hydrogen-bond donors (Lipinski definition) is 1. The topological polar surface area (TPSA) is 65.4 Å². The Kier molecular flexibility index (Phi) is 9.26. The first kappa shape index (κ1) is 16.9. The molecule has 1 aromatic heterocycles. The maximum Gasteiger partial charge on any atom is 0.341 e. The summed E-state index contributed by atoms with van der Waals surface area (Å²) in [5.74, 6) is -0.369. The average molecular weight is 278 g/mol. The molecule has 1 aromatic rings. The monoisotopic (exact) mass is 277 g/mol. The minimum Gasteiger partial charge on any atom is -0.465 e. The molecule has 0 aliphatic heterocycles. The van der Waals surface area contributed by atoms with Crippen molar-refractivity contribution >= 4 is 18.4 Å². The molecule has 0 unspecified atom stereocenters. The van der Waals surface area contributed by atoms with Crippen LogP contribution in [0.4, 0.5) is 0 Å². The highest BCUT2D eigenvalue weighted by molar-refractivity contribution is 5.88. The molecule has 0 aromatic carbocycles. The summed E-state index contributed by atoms with van der Waals surface area (Å²) >= 11 is 0. The number of nitrogens with zero attached hydrogens (tertiary/aromatic N) is 2. The van der Waals surface area contributed by atoms with Crippen molar-refractivity contribution in [2.45, 2.75) is 13.0 Å². The molecule has 1 N–H and O–H groups in total. The van der Waals surface area contributed by atoms with Gasteiger partial charge in [0.2, 0.25) is 0 Å². The molecule has 104 valence electrons. The molecule has 0 atom stereocenters. The molecule has 0 fully saturated rings. The predicted octanol–water partition coefficient (Wildman–Crippen LogP) is 0.718. The summed E-state index contributed by atoms with van der Waals surface area (Å²) in [6.45, 7) is 2.91. The van der Waals surface area contributed by atoms with Crippen LogP contribution in [0.15, 0.2) is 12.4 Å². The number of carbonyl (C=O) groups is 1. The normalized spacial score (nSPS) is 9.89. The van der Waals surface area contributed by atoms with Crippen LogP contribution in [0.2, 0.25) is 0 Å². The van der Waals surface area contributed by atoms with Gasteiger partial charge in [-0.15, -0.1) is 12.4 Å². The maximum absolute atomic E-state index is 11.2. The summed E-state index contributed by atoms with van der Waals surface area (Å²) in [7, 11) is 3.27. The van der Waals surface area contributed by atoms with E-state index in [4.69, 9.17) is 4.74 Å². The second-order valence-corrected chi connectivity index (χ2v) is 3.55. The maximum atomic E-state index is 11.2. The third kappa shape index (κ3) is 6.00. The van der Waals surface area contributed by atoms with Crippen molar-refractivity contribution in [1.29, 1.82) is 0 Å². The molecule has 0 aliphatic rings. The van der Waals surface area contributed by atoms with E-state index in [1.165, 1.54) is 13.3 Å². The largest absolute Gasteiger partial charge is 0.465 e. The van der Waals surface area contributed by atoms with E-state index in [0.29, 0.717) is 18.7 Å². The summed E-state index contributed by atoms with van der Waals surface area (Å²) in [5, 5.41) is 7.09. The van der Waals surface area contributed by atoms with Crippen LogP contribution in [0.1, 0.15) is 16.8 Å². The fourth-order valence-electron chi connectivity index (χ4n) is 1.32. The quantitative estimate of drug-likeness (QED) is 0.560. The van der Waals surface area contributed by atoms with Crippen LogP contribution in [0, 0.1) is 0 Å². The van der Waals surface area contributed by atoms with Crippen molar-refractivity contribution < 1.29 is 14.3 Å². The van der Waals surface area contributed by atoms with Crippen molar-refractivity contribution in [3.8, 4) is 0 Å². The standard InChI is InChI=1S/C11H19N3O3.ClH/c1-12-4-3-6-17-7-5-14-9-10(8-13-14)11(15)16-2;/h8-9,12H,3-7H2,1-2H3;1H. The summed E-state index contributed by atoms with van der Waals surface area (Å²) in [6.07, 6.45) is 4.14. The van der Waals surface area contributed by atoms with Gasteiger partial charge in [-0.2, -0.15) is 5.10 Å². The zero-order valence-electron chi connectivity index (χ0n) is 10.7. The first-order valence-corrected chi connectivity index (χ1v) is 5.61. The van der Waals surface area contributed by atoms with E-state index in [2.05, 4.69) is 15.2 Å². The summed E-state index contributed by atoms with van der Waals surface area (Å²) in [4.78, 5) is 11.2. The van der Waals surface area contributed by atoms with Crippen LogP contribution in [0.3, 0.4) is 0 Å². The highest BCUT2D eigenvalue weighted by atomic mass is 35.5. The average Bonchev–Trinajstić information content (AvgIpc) is 2.81. The lowest BCUT2D eigenvalue weighted by atomic mass is 10.4. The van der Waals surface area contributed by atoms with Crippen molar-refractivity contribution in [3.63, 3.8) is 0 Å². The fraction of sp³-hybridized carbons (Fsp3) is 0.636. The molecule has 0 aliphatic carbocycles. The van der Waals surface area contributed by atoms with Gasteiger partial charge in [0, 0.05) is 12.8 Å². The fourth-order valence-corrected chi connectivity index (χ4v) is 1.32. The van der Waals surface area contributed by atoms with Gasteiger partial charge in [0.25, 0.3) is 0 Å². The number of aromatic nitrogens is 2. The Hall–Kier alpha value is -1.11. The van der Waals surface area contributed by atoms with Gasteiger partial charge in [-0.3, -0.25) is 4.68 Å². The molecule has 18 heavy (non-hydrogen) atoms. The lowest BCUT2D eigenvalue weighted by Crippen LogP contribution is -2.12. The molecule has 6 nitrogen and oxygen atoms in total. The summed E-state index contributed by atoms with van der Waals surface area (Å²) in [6, 6.07) is 0. The second-order valence-electron chi connectivity index (χ2n) is 3.55. The number of halogens is 1. The minimum atomic E-state index is -0.369. The van der Waals surface area contributed by atoms with Gasteiger partial charge in [0.15, 0.2) is 0 Å². The number of methoxy groups -OCH3 is 1. The first-order valence-electron chi connectivity index (χ1n) is 5.61. The molecular formula is C11H20ClN3O3. The van der Waals surface area contributed by atoms with E-state index in [1.54, 1.807) is 10.9 Å². The van der Waals surface area contributed by atoms with Crippen LogP contribution in [0.5, 0.6) is 0 Å². The van der Waals surface area contributed by atoms with Crippen LogP contribution in [0.25, 0.3) is 0 Å². The lowest BCUT2D eigenvalue weighted by Gasteiger charge is -2.04. The van der Waals surface area contributed by atoms with E-state index in [-0.39, 0.29) is 18.4 Å². The van der Waals surface area contributed by atoms with Gasteiger partial charge in [0.05, 0.1) is 32.0 Å². The van der Waals surface area contributed by atoms with Crippen LogP contribution in [-0.4, -0.2) is 49.7 Å². The van der Waals surface area contributed by atoms with Crippen LogP contribution >= 0.6 is 12.4 Å². The first-order chi connectivity index (χ1) is 8.27. The molecule has 0 saturated heterocycles. The summed E-state index contributed by atoms with van der Waals surface area (Å²) in [5.41, 5.74) is 0.461. The Morgan fingerprint density at radius 1 is 1.50 bits per heavy atom. The molecular weight excluding hydrogens is 258 g/mol. The van der Waals surface area contributed by atoms with Crippen LogP contribution < -0.4 is 5.32 Å². The highest BCUT2D eigenvalue weighted by Crippen LogP contribution is 1.99. The Morgan fingerprint density at radius 2 is 2.28 bits per heavy atom. The van der Waals surface area contributed by atoms with Gasteiger partial charge in [-0.05, 0) is 20.0 Å². The Labute approximate surface area is 113 Å². The van der Waals surface area contributed by atoms with Crippen molar-refractivity contribution in [2.24, 2.45) is 0 Å². The molecule has 7 heteroatoms. The third-order valence-corrected chi connectivity index (χ3v) is 2.23. The molecule has 1 rings (SSSR count). The highest BCUT2D eigenvalue weighted by Gasteiger charge is 2.07. The molecule has 0 spiro atoms. The van der Waals surface area contributed by atoms with Gasteiger partial charge in [-0.1, -0.05) is 0 Å². The third-order valence-electron chi connectivity index (χ3n) is 2.23. The lowest BCUT2D eigenvalue weighted by molar-refractivity contribution is 0.0600. The van der Waals surface area contributed by atoms with E-state index in [0.717, 1.165) is 19.6 Å². The number of esters is 1. The zero-order chi connectivity index (χ0) is 12.5. The van der Waals surface area contributed by atoms with Gasteiger partial charge in [-0.25, -0.2) is 4.79 Å².